The van der Waals surface area contributed by atoms with Crippen LogP contribution < -0.4 is 22.1 Å². The number of urea groups is 1. The maximum atomic E-state index is 12.6. The zero-order chi connectivity index (χ0) is 24.1. The number of nitrogens with one attached hydrogen (secondary N) is 2. The molecule has 0 saturated carbocycles. The fraction of sp³-hybridized carbons (Fsp3) is 0.435. The lowest BCUT2D eigenvalue weighted by molar-refractivity contribution is -0.158. The van der Waals surface area contributed by atoms with Gasteiger partial charge in [0.05, 0.1) is 5.56 Å². The predicted molar refractivity (Wildman–Crippen MR) is 127 cm³/mol. The van der Waals surface area contributed by atoms with Crippen LogP contribution in [-0.4, -0.2) is 29.6 Å². The number of carbonyl (C=O) groups excluding carboxylic acids is 3. The van der Waals surface area contributed by atoms with E-state index >= 15 is 0 Å². The molecule has 0 saturated heterocycles. The summed E-state index contributed by atoms with van der Waals surface area (Å²) in [4.78, 5) is 36.3. The van der Waals surface area contributed by atoms with E-state index in [-0.39, 0.29) is 11.5 Å². The smallest absolute Gasteiger partial charge is 0.323 e. The van der Waals surface area contributed by atoms with E-state index in [2.05, 4.69) is 24.5 Å². The van der Waals surface area contributed by atoms with Crippen LogP contribution in [-0.2, 0) is 16.1 Å². The topological polar surface area (TPSA) is 137 Å². The summed E-state index contributed by atoms with van der Waals surface area (Å²) in [5.41, 5.74) is 12.1. The van der Waals surface area contributed by atoms with Gasteiger partial charge < -0.3 is 21.5 Å². The number of thiophene rings is 1. The molecule has 0 aliphatic carbocycles. The first-order valence-electron chi connectivity index (χ1n) is 10.4. The summed E-state index contributed by atoms with van der Waals surface area (Å²) < 4.78 is 5.56. The van der Waals surface area contributed by atoms with E-state index < -0.39 is 23.6 Å². The molecule has 1 aromatic carbocycles. The van der Waals surface area contributed by atoms with Gasteiger partial charge in [-0.2, -0.15) is 0 Å². The summed E-state index contributed by atoms with van der Waals surface area (Å²) in [5, 5.41) is 6.06. The molecule has 0 fully saturated rings. The van der Waals surface area contributed by atoms with E-state index in [0.29, 0.717) is 23.9 Å². The molecule has 0 bridgehead atoms. The molecular weight excluding hydrogens is 428 g/mol. The number of benzene rings is 1. The van der Waals surface area contributed by atoms with Gasteiger partial charge in [-0.3, -0.25) is 14.9 Å². The second-order valence-electron chi connectivity index (χ2n) is 9.00. The molecular formula is C23H32N4O4S. The lowest BCUT2D eigenvalue weighted by Crippen LogP contribution is -2.41. The molecule has 3 amide bonds. The summed E-state index contributed by atoms with van der Waals surface area (Å²) in [6, 6.07) is 8.13. The summed E-state index contributed by atoms with van der Waals surface area (Å²) >= 11 is 1.21. The number of hydrogen-bond acceptors (Lipinski definition) is 6. The number of esters is 1. The van der Waals surface area contributed by atoms with Crippen LogP contribution in [0.1, 0.15) is 57.0 Å². The Morgan fingerprint density at radius 3 is 2.38 bits per heavy atom. The first kappa shape index (κ1) is 25.4. The molecule has 0 spiro atoms. The van der Waals surface area contributed by atoms with Gasteiger partial charge in [0.25, 0.3) is 5.91 Å². The van der Waals surface area contributed by atoms with Crippen LogP contribution in [0.5, 0.6) is 0 Å². The molecule has 1 aromatic heterocycles. The third kappa shape index (κ3) is 7.65. The van der Waals surface area contributed by atoms with Gasteiger partial charge in [0.15, 0.2) is 0 Å². The van der Waals surface area contributed by atoms with Crippen LogP contribution in [0.25, 0.3) is 10.4 Å². The van der Waals surface area contributed by atoms with Crippen LogP contribution in [0.4, 0.5) is 9.80 Å². The van der Waals surface area contributed by atoms with E-state index in [9.17, 15) is 14.4 Å². The van der Waals surface area contributed by atoms with E-state index in [4.69, 9.17) is 16.2 Å². The van der Waals surface area contributed by atoms with Crippen molar-refractivity contribution in [3.63, 3.8) is 0 Å². The Kier molecular flexibility index (Phi) is 8.40. The molecule has 174 valence electrons. The van der Waals surface area contributed by atoms with Crippen LogP contribution in [0, 0.1) is 5.92 Å². The fourth-order valence-electron chi connectivity index (χ4n) is 3.10. The second-order valence-corrected chi connectivity index (χ2v) is 10.1. The average molecular weight is 461 g/mol. The predicted octanol–water partition coefficient (Wildman–Crippen LogP) is 3.85. The van der Waals surface area contributed by atoms with Crippen molar-refractivity contribution in [2.75, 3.05) is 5.32 Å². The largest absolute Gasteiger partial charge is 0.459 e. The maximum absolute atomic E-state index is 12.6. The Morgan fingerprint density at radius 1 is 1.12 bits per heavy atom. The summed E-state index contributed by atoms with van der Waals surface area (Å²) in [6.07, 6.45) is 0.656. The average Bonchev–Trinajstić information content (AvgIpc) is 3.07. The van der Waals surface area contributed by atoms with E-state index in [1.807, 2.05) is 45.0 Å². The van der Waals surface area contributed by atoms with E-state index in [1.165, 1.54) is 11.3 Å². The molecule has 0 radical (unpaired) electrons. The van der Waals surface area contributed by atoms with E-state index in [1.54, 1.807) is 6.07 Å². The van der Waals surface area contributed by atoms with Gasteiger partial charge in [-0.05, 0) is 56.4 Å². The van der Waals surface area contributed by atoms with Gasteiger partial charge >= 0.3 is 12.0 Å². The highest BCUT2D eigenvalue weighted by molar-refractivity contribution is 7.20. The molecule has 0 unspecified atom stereocenters. The Hall–Kier alpha value is -2.91. The van der Waals surface area contributed by atoms with Crippen molar-refractivity contribution in [2.45, 2.75) is 59.2 Å². The molecule has 32 heavy (non-hydrogen) atoms. The number of ether oxygens (including phenoxy) is 1. The standard InChI is InChI=1S/C23H32N4O4S/c1-13(2)9-17(21(29)31-23(3,4)5)26-12-14-7-6-8-15(10-14)18-11-16(19(24)28)20(32-18)27-22(25)30/h6-8,10-11,13,17,26H,9,12H2,1-5H3,(H2,24,28)(H3,25,27,30)/t17-/m0/s1. The van der Waals surface area contributed by atoms with Crippen molar-refractivity contribution >= 4 is 34.2 Å². The number of rotatable bonds is 9. The van der Waals surface area contributed by atoms with Crippen molar-refractivity contribution in [3.8, 4) is 10.4 Å². The number of hydrogen-bond donors (Lipinski definition) is 4. The Bertz CT molecular complexity index is 979. The Balaban J connectivity index is 2.21. The lowest BCUT2D eigenvalue weighted by atomic mass is 10.0. The highest BCUT2D eigenvalue weighted by Gasteiger charge is 2.25. The van der Waals surface area contributed by atoms with Crippen LogP contribution in [0.3, 0.4) is 0 Å². The van der Waals surface area contributed by atoms with E-state index in [0.717, 1.165) is 16.0 Å². The maximum Gasteiger partial charge on any atom is 0.323 e. The molecule has 2 aromatic rings. The highest BCUT2D eigenvalue weighted by Crippen LogP contribution is 2.35. The lowest BCUT2D eigenvalue weighted by Gasteiger charge is -2.25. The van der Waals surface area contributed by atoms with Crippen LogP contribution >= 0.6 is 11.3 Å². The highest BCUT2D eigenvalue weighted by atomic mass is 32.1. The summed E-state index contributed by atoms with van der Waals surface area (Å²) in [5.74, 6) is -0.599. The molecule has 0 aliphatic heterocycles. The minimum atomic E-state index is -0.766. The Morgan fingerprint density at radius 2 is 1.81 bits per heavy atom. The van der Waals surface area contributed by atoms with Crippen LogP contribution in [0.15, 0.2) is 30.3 Å². The van der Waals surface area contributed by atoms with Gasteiger partial charge in [-0.25, -0.2) is 4.79 Å². The molecule has 1 atom stereocenters. The number of amides is 3. The second kappa shape index (κ2) is 10.6. The van der Waals surface area contributed by atoms with Crippen LogP contribution in [0.2, 0.25) is 0 Å². The van der Waals surface area contributed by atoms with Crippen molar-refractivity contribution in [3.05, 3.63) is 41.5 Å². The molecule has 2 rings (SSSR count). The third-order valence-electron chi connectivity index (χ3n) is 4.40. The SMILES string of the molecule is CC(C)C[C@H](NCc1cccc(-c2cc(C(N)=O)c(NC(N)=O)s2)c1)C(=O)OC(C)(C)C. The van der Waals surface area contributed by atoms with Crippen molar-refractivity contribution < 1.29 is 19.1 Å². The monoisotopic (exact) mass is 460 g/mol. The van der Waals surface area contributed by atoms with Gasteiger partial charge in [-0.1, -0.05) is 32.0 Å². The molecule has 1 heterocycles. The minimum absolute atomic E-state index is 0.203. The van der Waals surface area contributed by atoms with Crippen molar-refractivity contribution in [1.82, 2.24) is 5.32 Å². The summed E-state index contributed by atoms with van der Waals surface area (Å²) in [7, 11) is 0. The van der Waals surface area contributed by atoms with Gasteiger partial charge in [0.2, 0.25) is 0 Å². The van der Waals surface area contributed by atoms with Gasteiger partial charge in [0.1, 0.15) is 16.6 Å². The first-order valence-corrected chi connectivity index (χ1v) is 11.2. The summed E-state index contributed by atoms with van der Waals surface area (Å²) in [6.45, 7) is 10.1. The quantitative estimate of drug-likeness (QED) is 0.421. The number of primary amides is 2. The number of carbonyl (C=O) groups is 3. The van der Waals surface area contributed by atoms with Gasteiger partial charge in [-0.15, -0.1) is 11.3 Å². The van der Waals surface area contributed by atoms with Gasteiger partial charge in [0, 0.05) is 11.4 Å². The minimum Gasteiger partial charge on any atom is -0.459 e. The third-order valence-corrected chi connectivity index (χ3v) is 5.50. The van der Waals surface area contributed by atoms with Crippen molar-refractivity contribution in [2.24, 2.45) is 17.4 Å². The zero-order valence-electron chi connectivity index (χ0n) is 19.2. The first-order chi connectivity index (χ1) is 14.9. The molecule has 6 N–H and O–H groups in total. The Labute approximate surface area is 192 Å². The number of nitrogens with two attached hydrogens (primary N) is 2. The van der Waals surface area contributed by atoms with Crippen molar-refractivity contribution in [1.29, 1.82) is 0 Å². The fourth-order valence-corrected chi connectivity index (χ4v) is 4.17. The molecule has 0 aliphatic rings. The number of anilines is 1. The zero-order valence-corrected chi connectivity index (χ0v) is 20.0. The normalized spacial score (nSPS) is 12.4. The molecule has 9 heteroatoms. The molecule has 8 nitrogen and oxygen atoms in total.